The maximum absolute atomic E-state index is 13.6. The SMILES string of the molecule is CCOC(=O)C(C)(C)c1c(F)c(F)c(F)c(F)c1F. The second-order valence-electron chi connectivity index (χ2n) is 4.29. The van der Waals surface area contributed by atoms with Gasteiger partial charge < -0.3 is 4.74 Å². The highest BCUT2D eigenvalue weighted by atomic mass is 19.2. The molecule has 1 aromatic carbocycles. The molecule has 0 amide bonds. The molecule has 0 unspecified atom stereocenters. The number of hydrogen-bond acceptors (Lipinski definition) is 2. The molecule has 0 spiro atoms. The average Bonchev–Trinajstić information content (AvgIpc) is 2.34. The summed E-state index contributed by atoms with van der Waals surface area (Å²) in [4.78, 5) is 11.6. The second-order valence-corrected chi connectivity index (χ2v) is 4.29. The molecule has 0 atom stereocenters. The maximum Gasteiger partial charge on any atom is 0.316 e. The van der Waals surface area contributed by atoms with Crippen LogP contribution in [0.2, 0.25) is 0 Å². The molecule has 0 radical (unpaired) electrons. The first kappa shape index (κ1) is 15.4. The van der Waals surface area contributed by atoms with Crippen molar-refractivity contribution in [2.24, 2.45) is 0 Å². The van der Waals surface area contributed by atoms with Gasteiger partial charge in [-0.3, -0.25) is 4.79 Å². The van der Waals surface area contributed by atoms with Crippen molar-refractivity contribution < 1.29 is 31.5 Å². The van der Waals surface area contributed by atoms with Crippen LogP contribution in [0.1, 0.15) is 26.3 Å². The predicted molar refractivity (Wildman–Crippen MR) is 55.9 cm³/mol. The van der Waals surface area contributed by atoms with E-state index < -0.39 is 46.0 Å². The molecule has 0 heterocycles. The summed E-state index contributed by atoms with van der Waals surface area (Å²) < 4.78 is 70.7. The zero-order chi connectivity index (χ0) is 15.0. The molecule has 7 heteroatoms. The molecule has 19 heavy (non-hydrogen) atoms. The quantitative estimate of drug-likeness (QED) is 0.368. The Morgan fingerprint density at radius 1 is 0.947 bits per heavy atom. The molecule has 106 valence electrons. The van der Waals surface area contributed by atoms with Gasteiger partial charge in [0.05, 0.1) is 12.0 Å². The first-order chi connectivity index (χ1) is 8.66. The van der Waals surface area contributed by atoms with E-state index in [4.69, 9.17) is 0 Å². The van der Waals surface area contributed by atoms with Crippen LogP contribution in [0.3, 0.4) is 0 Å². The monoisotopic (exact) mass is 282 g/mol. The molecular weight excluding hydrogens is 271 g/mol. The van der Waals surface area contributed by atoms with Crippen LogP contribution in [0, 0.1) is 29.1 Å². The largest absolute Gasteiger partial charge is 0.465 e. The number of esters is 1. The minimum atomic E-state index is -2.27. The van der Waals surface area contributed by atoms with Gasteiger partial charge in [-0.1, -0.05) is 0 Å². The van der Waals surface area contributed by atoms with Gasteiger partial charge in [0.15, 0.2) is 23.3 Å². The van der Waals surface area contributed by atoms with E-state index in [1.54, 1.807) is 0 Å². The summed E-state index contributed by atoms with van der Waals surface area (Å²) in [6.07, 6.45) is 0. The summed E-state index contributed by atoms with van der Waals surface area (Å²) in [5, 5.41) is 0. The van der Waals surface area contributed by atoms with Crippen LogP contribution in [-0.4, -0.2) is 12.6 Å². The van der Waals surface area contributed by atoms with Gasteiger partial charge >= 0.3 is 5.97 Å². The Labute approximate surface area is 106 Å². The van der Waals surface area contributed by atoms with Crippen LogP contribution in [0.25, 0.3) is 0 Å². The lowest BCUT2D eigenvalue weighted by Gasteiger charge is -2.24. The smallest absolute Gasteiger partial charge is 0.316 e. The molecule has 1 aromatic rings. The zero-order valence-corrected chi connectivity index (χ0v) is 10.4. The van der Waals surface area contributed by atoms with Gasteiger partial charge in [-0.2, -0.15) is 0 Å². The van der Waals surface area contributed by atoms with Gasteiger partial charge in [-0.15, -0.1) is 0 Å². The lowest BCUT2D eigenvalue weighted by molar-refractivity contribution is -0.149. The van der Waals surface area contributed by atoms with Crippen molar-refractivity contribution >= 4 is 5.97 Å². The van der Waals surface area contributed by atoms with Crippen LogP contribution in [0.5, 0.6) is 0 Å². The van der Waals surface area contributed by atoms with Gasteiger partial charge in [0.1, 0.15) is 0 Å². The van der Waals surface area contributed by atoms with Gasteiger partial charge in [-0.05, 0) is 20.8 Å². The van der Waals surface area contributed by atoms with E-state index in [0.717, 1.165) is 13.8 Å². The molecule has 0 saturated heterocycles. The van der Waals surface area contributed by atoms with E-state index in [1.807, 2.05) is 0 Å². The van der Waals surface area contributed by atoms with Crippen LogP contribution < -0.4 is 0 Å². The summed E-state index contributed by atoms with van der Waals surface area (Å²) >= 11 is 0. The zero-order valence-electron chi connectivity index (χ0n) is 10.4. The molecule has 0 aliphatic carbocycles. The molecule has 0 N–H and O–H groups in total. The number of benzene rings is 1. The fourth-order valence-electron chi connectivity index (χ4n) is 1.57. The lowest BCUT2D eigenvalue weighted by Crippen LogP contribution is -2.34. The fraction of sp³-hybridized carbons (Fsp3) is 0.417. The fourth-order valence-corrected chi connectivity index (χ4v) is 1.57. The van der Waals surface area contributed by atoms with E-state index in [0.29, 0.717) is 0 Å². The van der Waals surface area contributed by atoms with Crippen molar-refractivity contribution in [3.05, 3.63) is 34.6 Å². The molecule has 0 saturated carbocycles. The first-order valence-electron chi connectivity index (χ1n) is 5.35. The molecule has 0 aliphatic rings. The number of hydrogen-bond donors (Lipinski definition) is 0. The van der Waals surface area contributed by atoms with Crippen molar-refractivity contribution in [1.29, 1.82) is 0 Å². The molecule has 1 rings (SSSR count). The van der Waals surface area contributed by atoms with E-state index in [-0.39, 0.29) is 6.61 Å². The molecule has 2 nitrogen and oxygen atoms in total. The summed E-state index contributed by atoms with van der Waals surface area (Å²) in [7, 11) is 0. The van der Waals surface area contributed by atoms with Crippen molar-refractivity contribution in [2.45, 2.75) is 26.2 Å². The molecule has 0 aliphatic heterocycles. The summed E-state index contributed by atoms with van der Waals surface area (Å²) in [6.45, 7) is 3.40. The van der Waals surface area contributed by atoms with E-state index in [2.05, 4.69) is 4.74 Å². The first-order valence-corrected chi connectivity index (χ1v) is 5.35. The van der Waals surface area contributed by atoms with Gasteiger partial charge in [0.25, 0.3) is 0 Å². The number of carbonyl (C=O) groups is 1. The Bertz CT molecular complexity index is 496. The summed E-state index contributed by atoms with van der Waals surface area (Å²) in [5.74, 6) is -11.6. The summed E-state index contributed by atoms with van der Waals surface area (Å²) in [6, 6.07) is 0. The van der Waals surface area contributed by atoms with Crippen molar-refractivity contribution in [3.63, 3.8) is 0 Å². The minimum Gasteiger partial charge on any atom is -0.465 e. The highest BCUT2D eigenvalue weighted by molar-refractivity contribution is 5.82. The van der Waals surface area contributed by atoms with Crippen LogP contribution in [0.15, 0.2) is 0 Å². The lowest BCUT2D eigenvalue weighted by atomic mass is 9.83. The van der Waals surface area contributed by atoms with Gasteiger partial charge in [0.2, 0.25) is 5.82 Å². The van der Waals surface area contributed by atoms with E-state index >= 15 is 0 Å². The van der Waals surface area contributed by atoms with Gasteiger partial charge in [-0.25, -0.2) is 22.0 Å². The van der Waals surface area contributed by atoms with Crippen molar-refractivity contribution in [2.75, 3.05) is 6.61 Å². The molecule has 0 bridgehead atoms. The Morgan fingerprint density at radius 2 is 1.32 bits per heavy atom. The topological polar surface area (TPSA) is 26.3 Å². The van der Waals surface area contributed by atoms with Crippen molar-refractivity contribution in [3.8, 4) is 0 Å². The minimum absolute atomic E-state index is 0.0857. The number of carbonyl (C=O) groups excluding carboxylic acids is 1. The standard InChI is InChI=1S/C12H11F5O2/c1-4-19-11(18)12(2,3)5-6(13)8(15)10(17)9(16)7(5)14/h4H2,1-3H3. The highest BCUT2D eigenvalue weighted by Gasteiger charge is 2.40. The van der Waals surface area contributed by atoms with Crippen LogP contribution >= 0.6 is 0 Å². The third-order valence-electron chi connectivity index (χ3n) is 2.62. The number of halogens is 5. The highest BCUT2D eigenvalue weighted by Crippen LogP contribution is 2.33. The maximum atomic E-state index is 13.6. The predicted octanol–water partition coefficient (Wildman–Crippen LogP) is 3.22. The normalized spacial score (nSPS) is 11.6. The Balaban J connectivity index is 3.55. The van der Waals surface area contributed by atoms with E-state index in [1.165, 1.54) is 6.92 Å². The van der Waals surface area contributed by atoms with Crippen LogP contribution in [0.4, 0.5) is 22.0 Å². The average molecular weight is 282 g/mol. The van der Waals surface area contributed by atoms with Crippen molar-refractivity contribution in [1.82, 2.24) is 0 Å². The number of ether oxygens (including phenoxy) is 1. The third-order valence-corrected chi connectivity index (χ3v) is 2.62. The molecule has 0 aromatic heterocycles. The molecule has 0 fully saturated rings. The summed E-state index contributed by atoms with van der Waals surface area (Å²) in [5.41, 5.74) is -3.21. The second kappa shape index (κ2) is 5.14. The van der Waals surface area contributed by atoms with Crippen LogP contribution in [-0.2, 0) is 14.9 Å². The Morgan fingerprint density at radius 3 is 1.68 bits per heavy atom. The Kier molecular flexibility index (Phi) is 4.17. The van der Waals surface area contributed by atoms with E-state index in [9.17, 15) is 26.7 Å². The number of rotatable bonds is 3. The third kappa shape index (κ3) is 2.41. The molecular formula is C12H11F5O2. The Hall–Kier alpha value is -1.66. The van der Waals surface area contributed by atoms with Gasteiger partial charge in [0, 0.05) is 5.56 Å².